The van der Waals surface area contributed by atoms with E-state index >= 15 is 0 Å². The molecule has 0 radical (unpaired) electrons. The summed E-state index contributed by atoms with van der Waals surface area (Å²) in [5, 5.41) is 12.4. The first-order valence-corrected chi connectivity index (χ1v) is 5.76. The number of phenols is 1. The van der Waals surface area contributed by atoms with Crippen molar-refractivity contribution in [2.24, 2.45) is 0 Å². The van der Waals surface area contributed by atoms with Crippen molar-refractivity contribution in [1.82, 2.24) is 10.2 Å². The van der Waals surface area contributed by atoms with Crippen LogP contribution >= 0.6 is 11.6 Å². The Balaban J connectivity index is 2.56. The maximum absolute atomic E-state index is 11.7. The monoisotopic (exact) mass is 270 g/mol. The molecule has 0 aliphatic heterocycles. The maximum atomic E-state index is 11.7. The van der Waals surface area contributed by atoms with Crippen LogP contribution in [0.3, 0.4) is 0 Å². The molecular weight excluding hydrogens is 256 g/mol. The summed E-state index contributed by atoms with van der Waals surface area (Å²) in [7, 11) is 3.29. The zero-order valence-corrected chi connectivity index (χ0v) is 11.0. The van der Waals surface area contributed by atoms with E-state index in [0.717, 1.165) is 0 Å². The van der Waals surface area contributed by atoms with Gasteiger partial charge in [0.15, 0.2) is 0 Å². The standard InChI is InChI=1S/C12H15ClN2O3/c1-15(2)11(17)5-6-14-12(18)9-7-8(13)3-4-10(9)16/h3-4,7,16H,5-6H2,1-2H3,(H,14,18). The average Bonchev–Trinajstić information content (AvgIpc) is 2.31. The number of hydrogen-bond acceptors (Lipinski definition) is 3. The van der Waals surface area contributed by atoms with Crippen LogP contribution in [0, 0.1) is 0 Å². The Labute approximate surface area is 110 Å². The van der Waals surface area contributed by atoms with Crippen molar-refractivity contribution < 1.29 is 14.7 Å². The van der Waals surface area contributed by atoms with Crippen LogP contribution in [-0.2, 0) is 4.79 Å². The number of phenolic OH excluding ortho intramolecular Hbond substituents is 1. The second-order valence-corrected chi connectivity index (χ2v) is 4.39. The highest BCUT2D eigenvalue weighted by molar-refractivity contribution is 6.31. The first kappa shape index (κ1) is 14.3. The van der Waals surface area contributed by atoms with E-state index in [0.29, 0.717) is 5.02 Å². The highest BCUT2D eigenvalue weighted by Crippen LogP contribution is 2.21. The van der Waals surface area contributed by atoms with E-state index < -0.39 is 5.91 Å². The third kappa shape index (κ3) is 3.92. The molecule has 0 unspecified atom stereocenters. The molecule has 0 heterocycles. The Morgan fingerprint density at radius 2 is 2.06 bits per heavy atom. The minimum absolute atomic E-state index is 0.0781. The SMILES string of the molecule is CN(C)C(=O)CCNC(=O)c1cc(Cl)ccc1O. The molecule has 0 bridgehead atoms. The largest absolute Gasteiger partial charge is 0.507 e. The highest BCUT2D eigenvalue weighted by atomic mass is 35.5. The fraction of sp³-hybridized carbons (Fsp3) is 0.333. The summed E-state index contributed by atoms with van der Waals surface area (Å²) in [5.41, 5.74) is 0.0970. The Morgan fingerprint density at radius 1 is 1.39 bits per heavy atom. The van der Waals surface area contributed by atoms with Crippen molar-refractivity contribution in [1.29, 1.82) is 0 Å². The summed E-state index contributed by atoms with van der Waals surface area (Å²) >= 11 is 5.74. The molecule has 0 aliphatic carbocycles. The van der Waals surface area contributed by atoms with Gasteiger partial charge in [0.25, 0.3) is 5.91 Å². The number of benzene rings is 1. The lowest BCUT2D eigenvalue weighted by atomic mass is 10.2. The van der Waals surface area contributed by atoms with Crippen molar-refractivity contribution in [3.8, 4) is 5.75 Å². The Morgan fingerprint density at radius 3 is 2.67 bits per heavy atom. The van der Waals surface area contributed by atoms with Crippen LogP contribution in [0.5, 0.6) is 5.75 Å². The third-order valence-electron chi connectivity index (χ3n) is 2.33. The molecule has 0 fully saturated rings. The maximum Gasteiger partial charge on any atom is 0.255 e. The summed E-state index contributed by atoms with van der Waals surface area (Å²) in [5.74, 6) is -0.678. The lowest BCUT2D eigenvalue weighted by Gasteiger charge is -2.11. The van der Waals surface area contributed by atoms with Gasteiger partial charge in [-0.05, 0) is 18.2 Å². The molecule has 5 nitrogen and oxygen atoms in total. The average molecular weight is 271 g/mol. The number of amides is 2. The molecule has 0 saturated heterocycles. The number of carbonyl (C=O) groups is 2. The van der Waals surface area contributed by atoms with Crippen LogP contribution < -0.4 is 5.32 Å². The molecule has 6 heteroatoms. The Hall–Kier alpha value is -1.75. The second kappa shape index (κ2) is 6.26. The first-order valence-electron chi connectivity index (χ1n) is 5.38. The summed E-state index contributed by atoms with van der Waals surface area (Å²) in [4.78, 5) is 24.4. The minimum atomic E-state index is -0.457. The van der Waals surface area contributed by atoms with Gasteiger partial charge in [0.2, 0.25) is 5.91 Å². The molecule has 0 aliphatic rings. The predicted molar refractivity (Wildman–Crippen MR) is 68.8 cm³/mol. The van der Waals surface area contributed by atoms with E-state index in [1.807, 2.05) is 0 Å². The molecule has 0 spiro atoms. The van der Waals surface area contributed by atoms with Crippen LogP contribution in [0.4, 0.5) is 0 Å². The van der Waals surface area contributed by atoms with E-state index in [2.05, 4.69) is 5.32 Å². The van der Waals surface area contributed by atoms with Gasteiger partial charge in [-0.3, -0.25) is 9.59 Å². The topological polar surface area (TPSA) is 69.6 Å². The third-order valence-corrected chi connectivity index (χ3v) is 2.56. The van der Waals surface area contributed by atoms with E-state index in [1.54, 1.807) is 14.1 Å². The molecule has 0 saturated carbocycles. The predicted octanol–water partition coefficient (Wildman–Crippen LogP) is 1.25. The minimum Gasteiger partial charge on any atom is -0.507 e. The number of carbonyl (C=O) groups excluding carboxylic acids is 2. The fourth-order valence-electron chi connectivity index (χ4n) is 1.29. The van der Waals surface area contributed by atoms with Crippen LogP contribution in [0.15, 0.2) is 18.2 Å². The summed E-state index contributed by atoms with van der Waals surface area (Å²) in [6.07, 6.45) is 0.208. The second-order valence-electron chi connectivity index (χ2n) is 3.96. The lowest BCUT2D eigenvalue weighted by Crippen LogP contribution is -2.30. The number of aromatic hydroxyl groups is 1. The van der Waals surface area contributed by atoms with E-state index in [9.17, 15) is 14.7 Å². The first-order chi connectivity index (χ1) is 8.41. The quantitative estimate of drug-likeness (QED) is 0.865. The van der Waals surface area contributed by atoms with Gasteiger partial charge in [-0.15, -0.1) is 0 Å². The van der Waals surface area contributed by atoms with E-state index in [4.69, 9.17) is 11.6 Å². The van der Waals surface area contributed by atoms with Gasteiger partial charge in [0.1, 0.15) is 5.75 Å². The molecule has 1 aromatic rings. The lowest BCUT2D eigenvalue weighted by molar-refractivity contribution is -0.128. The smallest absolute Gasteiger partial charge is 0.255 e. The molecule has 0 atom stereocenters. The number of nitrogens with zero attached hydrogens (tertiary/aromatic N) is 1. The Kier molecular flexibility index (Phi) is 4.97. The number of hydrogen-bond donors (Lipinski definition) is 2. The van der Waals surface area contributed by atoms with Crippen LogP contribution in [-0.4, -0.2) is 42.5 Å². The van der Waals surface area contributed by atoms with E-state index in [1.165, 1.54) is 23.1 Å². The summed E-state index contributed by atoms with van der Waals surface area (Å²) in [6, 6.07) is 4.21. The summed E-state index contributed by atoms with van der Waals surface area (Å²) in [6.45, 7) is 0.210. The van der Waals surface area contributed by atoms with Gasteiger partial charge < -0.3 is 15.3 Å². The number of nitrogens with one attached hydrogen (secondary N) is 1. The van der Waals surface area contributed by atoms with Gasteiger partial charge in [-0.2, -0.15) is 0 Å². The van der Waals surface area contributed by atoms with Crippen LogP contribution in [0.25, 0.3) is 0 Å². The van der Waals surface area contributed by atoms with Gasteiger partial charge >= 0.3 is 0 Å². The molecule has 98 valence electrons. The molecule has 0 aromatic heterocycles. The van der Waals surface area contributed by atoms with E-state index in [-0.39, 0.29) is 30.2 Å². The van der Waals surface area contributed by atoms with Gasteiger partial charge in [-0.1, -0.05) is 11.6 Å². The molecule has 1 aromatic carbocycles. The fourth-order valence-corrected chi connectivity index (χ4v) is 1.46. The van der Waals surface area contributed by atoms with Gasteiger partial charge in [0.05, 0.1) is 5.56 Å². The molecule has 18 heavy (non-hydrogen) atoms. The number of rotatable bonds is 4. The zero-order valence-electron chi connectivity index (χ0n) is 10.2. The van der Waals surface area contributed by atoms with Crippen LogP contribution in [0.1, 0.15) is 16.8 Å². The van der Waals surface area contributed by atoms with Crippen molar-refractivity contribution in [3.63, 3.8) is 0 Å². The van der Waals surface area contributed by atoms with Crippen molar-refractivity contribution >= 4 is 23.4 Å². The number of halogens is 1. The molecular formula is C12H15ClN2O3. The van der Waals surface area contributed by atoms with Crippen LogP contribution in [0.2, 0.25) is 5.02 Å². The molecule has 2 amide bonds. The van der Waals surface area contributed by atoms with Crippen molar-refractivity contribution in [3.05, 3.63) is 28.8 Å². The molecule has 1 rings (SSSR count). The molecule has 2 N–H and O–H groups in total. The Bertz CT molecular complexity index is 461. The van der Waals surface area contributed by atoms with Crippen molar-refractivity contribution in [2.45, 2.75) is 6.42 Å². The van der Waals surface area contributed by atoms with Crippen molar-refractivity contribution in [2.75, 3.05) is 20.6 Å². The van der Waals surface area contributed by atoms with Gasteiger partial charge in [0, 0.05) is 32.1 Å². The highest BCUT2D eigenvalue weighted by Gasteiger charge is 2.12. The van der Waals surface area contributed by atoms with Gasteiger partial charge in [-0.25, -0.2) is 0 Å². The normalized spacial score (nSPS) is 9.94. The zero-order chi connectivity index (χ0) is 13.7. The summed E-state index contributed by atoms with van der Waals surface area (Å²) < 4.78 is 0.